The molecule has 2 aliphatic heterocycles. The van der Waals surface area contributed by atoms with Gasteiger partial charge in [-0.2, -0.15) is 0 Å². The van der Waals surface area contributed by atoms with Crippen LogP contribution in [0.5, 0.6) is 0 Å². The van der Waals surface area contributed by atoms with E-state index in [1.807, 2.05) is 36.0 Å². The van der Waals surface area contributed by atoms with Gasteiger partial charge in [0, 0.05) is 25.3 Å². The van der Waals surface area contributed by atoms with Gasteiger partial charge in [0.15, 0.2) is 0 Å². The van der Waals surface area contributed by atoms with E-state index in [-0.39, 0.29) is 47.2 Å². The second-order valence-electron chi connectivity index (χ2n) is 19.1. The third-order valence-electron chi connectivity index (χ3n) is 14.4. The largest absolute Gasteiger partial charge is 0.453 e. The zero-order valence-electron chi connectivity index (χ0n) is 37.6. The molecular weight excluding hydrogens is 813 g/mol. The van der Waals surface area contributed by atoms with Gasteiger partial charge in [0.25, 0.3) is 0 Å². The molecule has 6 atom stereocenters. The van der Waals surface area contributed by atoms with E-state index in [0.29, 0.717) is 6.54 Å². The number of nitrogens with zero attached hydrogens (tertiary/aromatic N) is 4. The summed E-state index contributed by atoms with van der Waals surface area (Å²) in [5.41, 5.74) is 5.04. The molecule has 2 saturated heterocycles. The Kier molecular flexibility index (Phi) is 11.2. The monoisotopic (exact) mass is 870 g/mol. The third-order valence-corrected chi connectivity index (χ3v) is 14.4. The number of imidazole rings is 2. The maximum Gasteiger partial charge on any atom is 0.407 e. The molecule has 336 valence electrons. The van der Waals surface area contributed by atoms with Crippen LogP contribution >= 0.6 is 0 Å². The van der Waals surface area contributed by atoms with E-state index in [2.05, 4.69) is 81.3 Å². The minimum absolute atomic E-state index is 0.0550. The van der Waals surface area contributed by atoms with Gasteiger partial charge < -0.3 is 44.6 Å². The number of methoxy groups -OCH3 is 3. The van der Waals surface area contributed by atoms with Crippen LogP contribution in [0.2, 0.25) is 0 Å². The van der Waals surface area contributed by atoms with Crippen molar-refractivity contribution in [2.24, 2.45) is 17.3 Å². The van der Waals surface area contributed by atoms with Crippen molar-refractivity contribution < 1.29 is 33.4 Å². The van der Waals surface area contributed by atoms with Gasteiger partial charge >= 0.3 is 12.2 Å². The maximum absolute atomic E-state index is 14.3. The Hall–Kier alpha value is -6.22. The molecule has 15 nitrogen and oxygen atoms in total. The Labute approximate surface area is 373 Å². The van der Waals surface area contributed by atoms with Crippen molar-refractivity contribution in [3.05, 3.63) is 84.7 Å². The van der Waals surface area contributed by atoms with Crippen molar-refractivity contribution in [1.82, 2.24) is 40.4 Å². The number of hydrogen-bond acceptors (Lipinski definition) is 9. The van der Waals surface area contributed by atoms with Crippen molar-refractivity contribution in [2.75, 3.05) is 27.9 Å². The molecule has 9 rings (SSSR count). The van der Waals surface area contributed by atoms with E-state index >= 15 is 0 Å². The number of alkyl carbamates (subject to hydrolysis) is 2. The van der Waals surface area contributed by atoms with E-state index in [4.69, 9.17) is 24.2 Å². The van der Waals surface area contributed by atoms with Crippen LogP contribution in [-0.2, 0) is 23.8 Å². The smallest absolute Gasteiger partial charge is 0.407 e. The Morgan fingerprint density at radius 1 is 0.766 bits per heavy atom. The number of nitrogens with one attached hydrogen (secondary N) is 4. The first-order valence-corrected chi connectivity index (χ1v) is 22.3. The molecule has 64 heavy (non-hydrogen) atoms. The first-order valence-electron chi connectivity index (χ1n) is 22.3. The number of aromatic amines is 2. The van der Waals surface area contributed by atoms with Crippen LogP contribution in [0.25, 0.3) is 44.4 Å². The molecule has 2 bridgehead atoms. The number of hydrogen-bond donors (Lipinski definition) is 4. The molecule has 4 N–H and O–H groups in total. The molecule has 2 aliphatic carbocycles. The van der Waals surface area contributed by atoms with Crippen molar-refractivity contribution in [3.8, 4) is 33.6 Å². The number of carbonyl (C=O) groups excluding carboxylic acids is 4. The highest BCUT2D eigenvalue weighted by Gasteiger charge is 2.56. The molecule has 3 aromatic carbocycles. The average Bonchev–Trinajstić information content (AvgIpc) is 3.94. The van der Waals surface area contributed by atoms with E-state index in [1.165, 1.54) is 21.3 Å². The molecule has 2 aromatic heterocycles. The number of H-pyrrole nitrogens is 2. The van der Waals surface area contributed by atoms with Crippen molar-refractivity contribution in [3.63, 3.8) is 0 Å². The van der Waals surface area contributed by atoms with E-state index < -0.39 is 29.9 Å². The summed E-state index contributed by atoms with van der Waals surface area (Å²) in [5.74, 6) is 1.32. The number of ether oxygens (including phenoxy) is 3. The zero-order chi connectivity index (χ0) is 45.1. The Balaban J connectivity index is 0.897. The number of carbonyl (C=O) groups is 4. The number of fused-ring (bicyclic) bond motifs is 3. The standard InChI is InChI=1S/C49H58N8O7/c1-27(2)39(54-46(60)62-5)44(58)56-26-49(18-19-49)23-38(56)42-50-24-36(52-42)29-10-8-28(9-11-29)30-12-13-32-21-33(15-14-31(32)20-30)37-25-51-43(53-37)40-34-16-17-35(22-34)57(40)45(59)41(48(3,4)64-7)55-47(61)63-6/h8-15,20-21,24-25,27,34-35,38-41H,16-19,22-23,26H2,1-7H3,(H,50,52)(H,51,53)(H,54,60)(H,55,61)/t34-,35-,38+,39+,40?,41-/m1/s1. The van der Waals surface area contributed by atoms with Gasteiger partial charge in [-0.05, 0) is 109 Å². The van der Waals surface area contributed by atoms with Crippen molar-refractivity contribution in [2.45, 2.75) is 102 Å². The second-order valence-corrected chi connectivity index (χ2v) is 19.1. The first kappa shape index (κ1) is 43.1. The zero-order valence-corrected chi connectivity index (χ0v) is 37.6. The summed E-state index contributed by atoms with van der Waals surface area (Å²) in [7, 11) is 4.12. The quantitative estimate of drug-likeness (QED) is 0.0968. The minimum Gasteiger partial charge on any atom is -0.453 e. The highest BCUT2D eigenvalue weighted by molar-refractivity contribution is 5.91. The normalized spacial score (nSPS) is 21.9. The fraction of sp³-hybridized carbons (Fsp3) is 0.469. The lowest BCUT2D eigenvalue weighted by Crippen LogP contribution is -2.60. The lowest BCUT2D eigenvalue weighted by atomic mass is 9.93. The van der Waals surface area contributed by atoms with Crippen molar-refractivity contribution in [1.29, 1.82) is 0 Å². The number of likely N-dealkylation sites (tertiary alicyclic amines) is 2. The van der Waals surface area contributed by atoms with Crippen LogP contribution in [0.15, 0.2) is 73.1 Å². The summed E-state index contributed by atoms with van der Waals surface area (Å²) in [5, 5.41) is 7.67. The fourth-order valence-corrected chi connectivity index (χ4v) is 10.3. The predicted molar refractivity (Wildman–Crippen MR) is 241 cm³/mol. The number of piperidine rings is 1. The van der Waals surface area contributed by atoms with Gasteiger partial charge in [-0.25, -0.2) is 19.6 Å². The van der Waals surface area contributed by atoms with E-state index in [1.54, 1.807) is 13.8 Å². The molecule has 5 aromatic rings. The van der Waals surface area contributed by atoms with Gasteiger partial charge in [-0.15, -0.1) is 0 Å². The Morgan fingerprint density at radius 2 is 1.36 bits per heavy atom. The van der Waals surface area contributed by atoms with Crippen LogP contribution in [0.1, 0.15) is 90.0 Å². The highest BCUT2D eigenvalue weighted by Crippen LogP contribution is 2.58. The number of amides is 4. The molecular formula is C49H58N8O7. The summed E-state index contributed by atoms with van der Waals surface area (Å²) >= 11 is 0. The van der Waals surface area contributed by atoms with Gasteiger partial charge in [0.1, 0.15) is 23.7 Å². The molecule has 2 saturated carbocycles. The Bertz CT molecular complexity index is 2580. The van der Waals surface area contributed by atoms with Gasteiger partial charge in [0.2, 0.25) is 11.8 Å². The van der Waals surface area contributed by atoms with Crippen LogP contribution in [0.3, 0.4) is 0 Å². The van der Waals surface area contributed by atoms with Gasteiger partial charge in [0.05, 0.1) is 55.7 Å². The molecule has 4 fully saturated rings. The SMILES string of the molecule is COC(=O)N[C@H](C(=O)N1CC2(CC2)C[C@H]1c1ncc(-c2ccc(-c3ccc4cc(-c5cnc(C6[C@@H]7CC[C@H](C7)N6C(=O)[C@@H](NC(=O)OC)C(C)(C)OC)[nH]5)ccc4c3)cc2)[nH]1)C(C)C. The molecule has 4 aliphatic rings. The lowest BCUT2D eigenvalue weighted by molar-refractivity contribution is -0.145. The van der Waals surface area contributed by atoms with Crippen molar-refractivity contribution >= 4 is 34.8 Å². The molecule has 4 heterocycles. The van der Waals surface area contributed by atoms with Gasteiger partial charge in [-0.1, -0.05) is 62.4 Å². The number of rotatable bonds is 12. The predicted octanol–water partition coefficient (Wildman–Crippen LogP) is 7.92. The summed E-state index contributed by atoms with van der Waals surface area (Å²) in [6.45, 7) is 8.08. The molecule has 15 heteroatoms. The minimum atomic E-state index is -0.972. The summed E-state index contributed by atoms with van der Waals surface area (Å²) in [4.78, 5) is 73.2. The molecule has 1 unspecified atom stereocenters. The van der Waals surface area contributed by atoms with Crippen LogP contribution in [-0.4, -0.2) is 105 Å². The van der Waals surface area contributed by atoms with E-state index in [0.717, 1.165) is 94.6 Å². The number of aromatic nitrogens is 4. The maximum atomic E-state index is 14.3. The molecule has 4 amide bonds. The van der Waals surface area contributed by atoms with E-state index in [9.17, 15) is 19.2 Å². The molecule has 0 radical (unpaired) electrons. The second kappa shape index (κ2) is 16.7. The highest BCUT2D eigenvalue weighted by atomic mass is 16.5. The molecule has 1 spiro atoms. The first-order chi connectivity index (χ1) is 30.7. The summed E-state index contributed by atoms with van der Waals surface area (Å²) in [6, 6.07) is 19.2. The third kappa shape index (κ3) is 7.99. The van der Waals surface area contributed by atoms with Crippen LogP contribution < -0.4 is 10.6 Å². The number of benzene rings is 3. The fourth-order valence-electron chi connectivity index (χ4n) is 10.3. The summed E-state index contributed by atoms with van der Waals surface area (Å²) < 4.78 is 15.4. The lowest BCUT2D eigenvalue weighted by Gasteiger charge is -2.40. The topological polar surface area (TPSA) is 184 Å². The summed E-state index contributed by atoms with van der Waals surface area (Å²) in [6.07, 6.45) is 8.19. The Morgan fingerprint density at radius 3 is 2.02 bits per heavy atom. The average molecular weight is 871 g/mol. The van der Waals surface area contributed by atoms with Crippen LogP contribution in [0, 0.1) is 17.3 Å². The van der Waals surface area contributed by atoms with Gasteiger partial charge in [-0.3, -0.25) is 9.59 Å². The van der Waals surface area contributed by atoms with Crippen LogP contribution in [0.4, 0.5) is 9.59 Å².